The second kappa shape index (κ2) is 6.29. The van der Waals surface area contributed by atoms with E-state index in [0.29, 0.717) is 6.04 Å². The van der Waals surface area contributed by atoms with Crippen LogP contribution >= 0.6 is 11.8 Å². The van der Waals surface area contributed by atoms with E-state index in [1.54, 1.807) is 0 Å². The molecule has 2 fully saturated rings. The van der Waals surface area contributed by atoms with Crippen molar-refractivity contribution in [1.82, 2.24) is 10.2 Å². The van der Waals surface area contributed by atoms with Crippen molar-refractivity contribution >= 4 is 11.8 Å². The molecule has 0 saturated carbocycles. The van der Waals surface area contributed by atoms with Gasteiger partial charge in [-0.3, -0.25) is 4.90 Å². The summed E-state index contributed by atoms with van der Waals surface area (Å²) in [4.78, 5) is 2.60. The first-order valence-corrected chi connectivity index (χ1v) is 8.57. The van der Waals surface area contributed by atoms with E-state index in [1.807, 2.05) is 0 Å². The molecule has 0 amide bonds. The summed E-state index contributed by atoms with van der Waals surface area (Å²) in [5.41, 5.74) is 1.44. The molecule has 3 rings (SSSR count). The molecule has 0 radical (unpaired) electrons. The van der Waals surface area contributed by atoms with E-state index in [-0.39, 0.29) is 0 Å². The van der Waals surface area contributed by atoms with Crippen LogP contribution < -0.4 is 5.32 Å². The van der Waals surface area contributed by atoms with Crippen molar-refractivity contribution in [2.75, 3.05) is 24.6 Å². The highest BCUT2D eigenvalue weighted by Gasteiger charge is 2.29. The predicted molar refractivity (Wildman–Crippen MR) is 83.5 cm³/mol. The number of nitrogens with one attached hydrogen (secondary N) is 1. The van der Waals surface area contributed by atoms with Crippen LogP contribution in [0.5, 0.6) is 0 Å². The molecule has 0 aromatic heterocycles. The lowest BCUT2D eigenvalue weighted by Crippen LogP contribution is -2.48. The van der Waals surface area contributed by atoms with Gasteiger partial charge in [0.1, 0.15) is 0 Å². The average Bonchev–Trinajstić information content (AvgIpc) is 2.83. The van der Waals surface area contributed by atoms with Gasteiger partial charge in [0, 0.05) is 36.7 Å². The zero-order chi connectivity index (χ0) is 13.1. The van der Waals surface area contributed by atoms with E-state index in [2.05, 4.69) is 59.2 Å². The Labute approximate surface area is 121 Å². The van der Waals surface area contributed by atoms with Crippen molar-refractivity contribution in [2.24, 2.45) is 5.92 Å². The number of nitrogens with zero attached hydrogens (tertiary/aromatic N) is 1. The molecule has 2 heterocycles. The second-order valence-electron chi connectivity index (χ2n) is 5.96. The molecule has 0 spiro atoms. The highest BCUT2D eigenvalue weighted by molar-refractivity contribution is 8.00. The third kappa shape index (κ3) is 3.53. The molecule has 2 atom stereocenters. The van der Waals surface area contributed by atoms with E-state index >= 15 is 0 Å². The van der Waals surface area contributed by atoms with Gasteiger partial charge in [0.2, 0.25) is 0 Å². The molecule has 1 aromatic carbocycles. The number of likely N-dealkylation sites (tertiary alicyclic amines) is 1. The van der Waals surface area contributed by atoms with Gasteiger partial charge in [0.25, 0.3) is 0 Å². The van der Waals surface area contributed by atoms with Crippen molar-refractivity contribution in [3.05, 3.63) is 35.9 Å². The van der Waals surface area contributed by atoms with Gasteiger partial charge in [-0.15, -0.1) is 0 Å². The lowest BCUT2D eigenvalue weighted by atomic mass is 10.00. The highest BCUT2D eigenvalue weighted by atomic mass is 32.2. The Bertz CT molecular complexity index is 391. The number of hydrogen-bond donors (Lipinski definition) is 1. The van der Waals surface area contributed by atoms with Gasteiger partial charge in [-0.05, 0) is 31.4 Å². The van der Waals surface area contributed by atoms with E-state index < -0.39 is 0 Å². The van der Waals surface area contributed by atoms with Crippen LogP contribution in [0.2, 0.25) is 0 Å². The molecule has 2 saturated heterocycles. The number of hydrogen-bond acceptors (Lipinski definition) is 3. The van der Waals surface area contributed by atoms with Crippen LogP contribution in [0.15, 0.2) is 30.3 Å². The number of rotatable bonds is 5. The summed E-state index contributed by atoms with van der Waals surface area (Å²) in [5.74, 6) is 3.45. The van der Waals surface area contributed by atoms with E-state index in [1.165, 1.54) is 36.6 Å². The first-order chi connectivity index (χ1) is 9.31. The minimum Gasteiger partial charge on any atom is -0.310 e. The quantitative estimate of drug-likeness (QED) is 0.890. The Balaban J connectivity index is 1.46. The average molecular weight is 276 g/mol. The Hall–Kier alpha value is -0.510. The summed E-state index contributed by atoms with van der Waals surface area (Å²) in [6.07, 6.45) is 1.35. The molecule has 104 valence electrons. The lowest BCUT2D eigenvalue weighted by molar-refractivity contribution is 0.292. The molecular formula is C16H24N2S. The third-order valence-corrected chi connectivity index (χ3v) is 5.68. The topological polar surface area (TPSA) is 15.3 Å². The molecule has 1 aromatic rings. The Kier molecular flexibility index (Phi) is 4.46. The standard InChI is InChI=1S/C16H24N2S/c1-13(17-16-11-19-12-16)15-7-8-18(10-15)9-14-5-3-2-4-6-14/h2-6,13,15-17H,7-12H2,1H3. The van der Waals surface area contributed by atoms with Crippen LogP contribution in [0.1, 0.15) is 18.9 Å². The van der Waals surface area contributed by atoms with Gasteiger partial charge < -0.3 is 5.32 Å². The van der Waals surface area contributed by atoms with Crippen LogP contribution in [-0.2, 0) is 6.54 Å². The van der Waals surface area contributed by atoms with Crippen molar-refractivity contribution in [1.29, 1.82) is 0 Å². The van der Waals surface area contributed by atoms with Crippen molar-refractivity contribution in [2.45, 2.75) is 32.0 Å². The molecule has 2 nitrogen and oxygen atoms in total. The minimum atomic E-state index is 0.673. The Morgan fingerprint density at radius 2 is 2.11 bits per heavy atom. The van der Waals surface area contributed by atoms with Crippen molar-refractivity contribution in [3.63, 3.8) is 0 Å². The fraction of sp³-hybridized carbons (Fsp3) is 0.625. The molecule has 19 heavy (non-hydrogen) atoms. The van der Waals surface area contributed by atoms with Gasteiger partial charge in [0.15, 0.2) is 0 Å². The molecular weight excluding hydrogens is 252 g/mol. The van der Waals surface area contributed by atoms with Crippen LogP contribution in [0, 0.1) is 5.92 Å². The van der Waals surface area contributed by atoms with Gasteiger partial charge in [-0.25, -0.2) is 0 Å². The summed E-state index contributed by atoms with van der Waals surface area (Å²) in [6.45, 7) is 6.00. The SMILES string of the molecule is CC(NC1CSC1)C1CCN(Cc2ccccc2)C1. The molecule has 2 aliphatic heterocycles. The van der Waals surface area contributed by atoms with Gasteiger partial charge in [-0.1, -0.05) is 30.3 Å². The zero-order valence-corrected chi connectivity index (χ0v) is 12.5. The van der Waals surface area contributed by atoms with Crippen molar-refractivity contribution < 1.29 is 0 Å². The fourth-order valence-electron chi connectivity index (χ4n) is 3.10. The maximum absolute atomic E-state index is 3.80. The molecule has 3 heteroatoms. The van der Waals surface area contributed by atoms with Gasteiger partial charge >= 0.3 is 0 Å². The third-order valence-electron chi connectivity index (χ3n) is 4.40. The number of thioether (sulfide) groups is 1. The van der Waals surface area contributed by atoms with Crippen LogP contribution in [0.3, 0.4) is 0 Å². The summed E-state index contributed by atoms with van der Waals surface area (Å²) < 4.78 is 0. The first kappa shape index (κ1) is 13.5. The normalized spacial score (nSPS) is 26.3. The Morgan fingerprint density at radius 1 is 1.32 bits per heavy atom. The molecule has 0 aliphatic carbocycles. The maximum Gasteiger partial charge on any atom is 0.0251 e. The first-order valence-electron chi connectivity index (χ1n) is 7.41. The van der Waals surface area contributed by atoms with Crippen LogP contribution in [-0.4, -0.2) is 41.6 Å². The van der Waals surface area contributed by atoms with E-state index in [4.69, 9.17) is 0 Å². The van der Waals surface area contributed by atoms with E-state index in [9.17, 15) is 0 Å². The van der Waals surface area contributed by atoms with Gasteiger partial charge in [0.05, 0.1) is 0 Å². The van der Waals surface area contributed by atoms with Crippen LogP contribution in [0.25, 0.3) is 0 Å². The maximum atomic E-state index is 3.80. The molecule has 2 aliphatic rings. The summed E-state index contributed by atoms with van der Waals surface area (Å²) in [6, 6.07) is 12.3. The monoisotopic (exact) mass is 276 g/mol. The van der Waals surface area contributed by atoms with Crippen molar-refractivity contribution in [3.8, 4) is 0 Å². The summed E-state index contributed by atoms with van der Waals surface area (Å²) in [7, 11) is 0. The highest BCUT2D eigenvalue weighted by Crippen LogP contribution is 2.24. The molecule has 1 N–H and O–H groups in total. The second-order valence-corrected chi connectivity index (χ2v) is 7.03. The largest absolute Gasteiger partial charge is 0.310 e. The van der Waals surface area contributed by atoms with Gasteiger partial charge in [-0.2, -0.15) is 11.8 Å². The molecule has 2 unspecified atom stereocenters. The van der Waals surface area contributed by atoms with E-state index in [0.717, 1.165) is 18.5 Å². The fourth-order valence-corrected chi connectivity index (χ4v) is 3.76. The molecule has 0 bridgehead atoms. The minimum absolute atomic E-state index is 0.673. The summed E-state index contributed by atoms with van der Waals surface area (Å²) >= 11 is 2.06. The smallest absolute Gasteiger partial charge is 0.0251 e. The van der Waals surface area contributed by atoms with Crippen LogP contribution in [0.4, 0.5) is 0 Å². The zero-order valence-electron chi connectivity index (χ0n) is 11.7. The lowest BCUT2D eigenvalue weighted by Gasteiger charge is -2.32. The predicted octanol–water partition coefficient (Wildman–Crippen LogP) is 2.60. The summed E-state index contributed by atoms with van der Waals surface area (Å²) in [5, 5.41) is 3.80. The Morgan fingerprint density at radius 3 is 2.79 bits per heavy atom. The number of benzene rings is 1.